The second-order valence-electron chi connectivity index (χ2n) is 7.31. The Morgan fingerprint density at radius 2 is 1.95 bits per heavy atom. The van der Waals surface area contributed by atoms with Gasteiger partial charge in [0.2, 0.25) is 0 Å². The van der Waals surface area contributed by atoms with Gasteiger partial charge in [-0.15, -0.1) is 4.95 Å². The van der Waals surface area contributed by atoms with Crippen molar-refractivity contribution in [2.75, 3.05) is 0 Å². The summed E-state index contributed by atoms with van der Waals surface area (Å²) in [5, 5.41) is 15.9. The van der Waals surface area contributed by atoms with Crippen LogP contribution >= 0.6 is 0 Å². The maximum atomic E-state index is 10.4. The molecule has 4 nitrogen and oxygen atoms in total. The number of hydrogen-bond donors (Lipinski definition) is 1. The van der Waals surface area contributed by atoms with Crippen LogP contribution in [0.5, 0.6) is 0 Å². The van der Waals surface area contributed by atoms with E-state index in [0.717, 1.165) is 18.6 Å². The molecule has 0 radical (unpaired) electrons. The molecular weight excluding hydrogens is 274 g/mol. The summed E-state index contributed by atoms with van der Waals surface area (Å²) in [4.78, 5) is 3.24. The van der Waals surface area contributed by atoms with Crippen molar-refractivity contribution in [3.05, 3.63) is 47.4 Å². The van der Waals surface area contributed by atoms with Crippen LogP contribution in [-0.2, 0) is 6.42 Å². The maximum Gasteiger partial charge on any atom is 0.105 e. The fourth-order valence-electron chi connectivity index (χ4n) is 3.55. The second kappa shape index (κ2) is 6.20. The van der Waals surface area contributed by atoms with Gasteiger partial charge in [-0.25, -0.2) is 0 Å². The highest BCUT2D eigenvalue weighted by molar-refractivity contribution is 5.87. The lowest BCUT2D eigenvalue weighted by Crippen LogP contribution is -2.47. The Morgan fingerprint density at radius 3 is 2.45 bits per heavy atom. The smallest absolute Gasteiger partial charge is 0.105 e. The molecule has 1 aromatic rings. The first-order chi connectivity index (χ1) is 10.3. The van der Waals surface area contributed by atoms with Crippen LogP contribution in [0.15, 0.2) is 35.4 Å². The molecule has 0 spiro atoms. The molecular formula is C18H25N3O. The van der Waals surface area contributed by atoms with Crippen molar-refractivity contribution >= 4 is 5.71 Å². The van der Waals surface area contributed by atoms with Gasteiger partial charge in [0, 0.05) is 17.5 Å². The average Bonchev–Trinajstić information content (AvgIpc) is 2.60. The van der Waals surface area contributed by atoms with Crippen LogP contribution in [0.25, 0.3) is 4.95 Å². The van der Waals surface area contributed by atoms with Gasteiger partial charge in [0.1, 0.15) is 5.71 Å². The number of benzene rings is 1. The Labute approximate surface area is 133 Å². The van der Waals surface area contributed by atoms with Crippen LogP contribution in [0.1, 0.15) is 46.1 Å². The van der Waals surface area contributed by atoms with E-state index in [1.165, 1.54) is 10.6 Å². The second-order valence-corrected chi connectivity index (χ2v) is 7.31. The van der Waals surface area contributed by atoms with Crippen LogP contribution in [0.4, 0.5) is 0 Å². The van der Waals surface area contributed by atoms with Gasteiger partial charge in [0.15, 0.2) is 0 Å². The van der Waals surface area contributed by atoms with Gasteiger partial charge < -0.3 is 5.21 Å². The summed E-state index contributed by atoms with van der Waals surface area (Å²) in [6.07, 6.45) is 2.33. The van der Waals surface area contributed by atoms with Gasteiger partial charge in [0.25, 0.3) is 0 Å². The number of rotatable bonds is 4. The molecule has 1 heterocycles. The summed E-state index contributed by atoms with van der Waals surface area (Å²) < 4.78 is 0. The van der Waals surface area contributed by atoms with Crippen LogP contribution in [0.2, 0.25) is 0 Å². The van der Waals surface area contributed by atoms with E-state index in [2.05, 4.69) is 49.9 Å². The van der Waals surface area contributed by atoms with Crippen LogP contribution in [-0.4, -0.2) is 27.1 Å². The van der Waals surface area contributed by atoms with E-state index in [4.69, 9.17) is 6.57 Å². The standard InChI is InChI=1S/C18H25N3O/c1-17(2)13-15(18(3,4)21(17)22)12-16(20-19-5)11-14-9-7-6-8-10-14/h6-10,15,22H,11-13H2,1-4H3/b20-16+. The van der Waals surface area contributed by atoms with E-state index in [9.17, 15) is 5.21 Å². The van der Waals surface area contributed by atoms with Crippen molar-refractivity contribution in [3.63, 3.8) is 0 Å². The van der Waals surface area contributed by atoms with E-state index < -0.39 is 0 Å². The topological polar surface area (TPSA) is 40.2 Å². The summed E-state index contributed by atoms with van der Waals surface area (Å²) in [5.41, 5.74) is 1.50. The van der Waals surface area contributed by atoms with E-state index in [-0.39, 0.29) is 17.0 Å². The molecule has 1 unspecified atom stereocenters. The van der Waals surface area contributed by atoms with Gasteiger partial charge in [-0.2, -0.15) is 11.6 Å². The number of hydrogen-bond acceptors (Lipinski definition) is 3. The van der Waals surface area contributed by atoms with Crippen molar-refractivity contribution in [1.82, 2.24) is 5.06 Å². The largest absolute Gasteiger partial charge is 0.313 e. The highest BCUT2D eigenvalue weighted by Gasteiger charge is 2.51. The normalized spacial score (nSPS) is 24.2. The van der Waals surface area contributed by atoms with Gasteiger partial charge in [0.05, 0.1) is 5.10 Å². The SMILES string of the molecule is [C-]#[N+]/N=C(\Cc1ccccc1)CC1CC(C)(C)N(O)C1(C)C. The Morgan fingerprint density at radius 1 is 1.32 bits per heavy atom. The molecule has 4 heteroatoms. The van der Waals surface area contributed by atoms with Gasteiger partial charge in [-0.1, -0.05) is 30.3 Å². The summed E-state index contributed by atoms with van der Waals surface area (Å²) >= 11 is 0. The molecule has 1 aliphatic rings. The molecule has 1 N–H and O–H groups in total. The summed E-state index contributed by atoms with van der Waals surface area (Å²) in [6, 6.07) is 10.1. The predicted octanol–water partition coefficient (Wildman–Crippen LogP) is 4.16. The molecule has 0 amide bonds. The molecule has 2 rings (SSSR count). The van der Waals surface area contributed by atoms with Gasteiger partial charge in [-0.3, -0.25) is 0 Å². The molecule has 1 aliphatic heterocycles. The molecule has 0 aromatic heterocycles. The van der Waals surface area contributed by atoms with Crippen LogP contribution in [0, 0.1) is 12.5 Å². The van der Waals surface area contributed by atoms with E-state index >= 15 is 0 Å². The third-order valence-corrected chi connectivity index (χ3v) is 4.79. The first kappa shape index (κ1) is 16.7. The van der Waals surface area contributed by atoms with Crippen LogP contribution in [0.3, 0.4) is 0 Å². The Hall–Kier alpha value is -1.70. The zero-order valence-electron chi connectivity index (χ0n) is 13.9. The lowest BCUT2D eigenvalue weighted by molar-refractivity contribution is -0.196. The third kappa shape index (κ3) is 3.37. The molecule has 1 aromatic carbocycles. The van der Waals surface area contributed by atoms with Gasteiger partial charge >= 0.3 is 0 Å². The van der Waals surface area contributed by atoms with Crippen molar-refractivity contribution in [3.8, 4) is 0 Å². The Kier molecular flexibility index (Phi) is 4.69. The van der Waals surface area contributed by atoms with Crippen molar-refractivity contribution < 1.29 is 5.21 Å². The third-order valence-electron chi connectivity index (χ3n) is 4.79. The minimum Gasteiger partial charge on any atom is -0.313 e. The lowest BCUT2D eigenvalue weighted by atomic mass is 9.82. The number of nitrogens with zero attached hydrogens (tertiary/aromatic N) is 3. The minimum atomic E-state index is -0.316. The molecule has 1 fully saturated rings. The highest BCUT2D eigenvalue weighted by atomic mass is 16.5. The highest BCUT2D eigenvalue weighted by Crippen LogP contribution is 2.45. The molecule has 0 aliphatic carbocycles. The molecule has 1 atom stereocenters. The first-order valence-electron chi connectivity index (χ1n) is 7.72. The minimum absolute atomic E-state index is 0.246. The van der Waals surface area contributed by atoms with E-state index in [1.807, 2.05) is 18.2 Å². The fraction of sp³-hybridized carbons (Fsp3) is 0.556. The molecule has 0 bridgehead atoms. The summed E-state index contributed by atoms with van der Waals surface area (Å²) in [6.45, 7) is 15.3. The predicted molar refractivity (Wildman–Crippen MR) is 88.7 cm³/mol. The Bertz CT molecular complexity index is 584. The number of hydroxylamine groups is 2. The zero-order valence-corrected chi connectivity index (χ0v) is 13.9. The molecule has 22 heavy (non-hydrogen) atoms. The van der Waals surface area contributed by atoms with Crippen molar-refractivity contribution in [2.24, 2.45) is 11.0 Å². The van der Waals surface area contributed by atoms with Crippen molar-refractivity contribution in [1.29, 1.82) is 0 Å². The van der Waals surface area contributed by atoms with Crippen LogP contribution < -0.4 is 0 Å². The molecule has 1 saturated heterocycles. The Balaban J connectivity index is 2.16. The van der Waals surface area contributed by atoms with Gasteiger partial charge in [-0.05, 0) is 52.0 Å². The monoisotopic (exact) mass is 299 g/mol. The average molecular weight is 299 g/mol. The quantitative estimate of drug-likeness (QED) is 0.515. The maximum absolute atomic E-state index is 10.4. The van der Waals surface area contributed by atoms with Crippen molar-refractivity contribution in [2.45, 2.75) is 58.0 Å². The first-order valence-corrected chi connectivity index (χ1v) is 7.72. The lowest BCUT2D eigenvalue weighted by Gasteiger charge is -2.36. The molecule has 0 saturated carbocycles. The summed E-state index contributed by atoms with van der Waals surface area (Å²) in [5.74, 6) is 0.275. The van der Waals surface area contributed by atoms with E-state index in [0.29, 0.717) is 6.42 Å². The summed E-state index contributed by atoms with van der Waals surface area (Å²) in [7, 11) is 0. The molecule has 118 valence electrons. The zero-order chi connectivity index (χ0) is 16.4. The fourth-order valence-corrected chi connectivity index (χ4v) is 3.55. The van der Waals surface area contributed by atoms with E-state index in [1.54, 1.807) is 0 Å².